The van der Waals surface area contributed by atoms with E-state index in [0.29, 0.717) is 0 Å². The summed E-state index contributed by atoms with van der Waals surface area (Å²) in [5.74, 6) is -0.542. The highest BCUT2D eigenvalue weighted by atomic mass is 127. The van der Waals surface area contributed by atoms with E-state index in [1.807, 2.05) is 22.9 Å². The molecule has 1 amide bonds. The van der Waals surface area contributed by atoms with Crippen molar-refractivity contribution in [2.75, 3.05) is 0 Å². The van der Waals surface area contributed by atoms with Crippen LogP contribution >= 0.6 is 35.1 Å². The van der Waals surface area contributed by atoms with Crippen LogP contribution in [0.25, 0.3) is 0 Å². The summed E-state index contributed by atoms with van der Waals surface area (Å²) in [5.41, 5.74) is 0.741. The minimum Gasteiger partial charge on any atom is -0.305 e. The largest absolute Gasteiger partial charge is 0.305 e. The summed E-state index contributed by atoms with van der Waals surface area (Å²) in [5, 5.41) is 2.74. The van der Waals surface area contributed by atoms with Crippen molar-refractivity contribution >= 4 is 46.1 Å². The van der Waals surface area contributed by atoms with Gasteiger partial charge in [-0.25, -0.2) is 4.39 Å². The highest BCUT2D eigenvalue weighted by Gasteiger charge is 2.04. The van der Waals surface area contributed by atoms with Crippen molar-refractivity contribution in [3.63, 3.8) is 0 Å². The van der Waals surface area contributed by atoms with E-state index in [1.54, 1.807) is 12.1 Å². The maximum absolute atomic E-state index is 12.6. The third-order valence-electron chi connectivity index (χ3n) is 1.62. The number of hydrogen-bond acceptors (Lipinski definition) is 2. The van der Waals surface area contributed by atoms with Crippen LogP contribution in [0.3, 0.4) is 0 Å². The van der Waals surface area contributed by atoms with Crippen molar-refractivity contribution in [3.8, 4) is 0 Å². The highest BCUT2D eigenvalue weighted by Crippen LogP contribution is 2.03. The first-order chi connectivity index (χ1) is 7.11. The lowest BCUT2D eigenvalue weighted by molar-refractivity contribution is -0.119. The van der Waals surface area contributed by atoms with Crippen LogP contribution in [-0.4, -0.2) is 11.0 Å². The Balaban J connectivity index is 2.51. The molecule has 0 bridgehead atoms. The Bertz CT molecular complexity index is 369. The molecule has 0 aliphatic rings. The minimum absolute atomic E-state index is 0.179. The molecule has 0 heterocycles. The van der Waals surface area contributed by atoms with Gasteiger partial charge >= 0.3 is 0 Å². The lowest BCUT2D eigenvalue weighted by Crippen LogP contribution is -2.35. The molecule has 0 unspecified atom stereocenters. The number of halogens is 2. The van der Waals surface area contributed by atoms with E-state index in [4.69, 9.17) is 12.2 Å². The Morgan fingerprint density at radius 1 is 1.40 bits per heavy atom. The molecule has 0 fully saturated rings. The van der Waals surface area contributed by atoms with Crippen molar-refractivity contribution in [1.82, 2.24) is 8.85 Å². The standard InChI is InChI=1S/C9H8FIN2OS/c10-7-3-1-6(2-4-7)5-8(14)12-9(15)13-11/h1-4H,5H2,(H2,12,13,14,15). The topological polar surface area (TPSA) is 41.1 Å². The molecule has 1 aromatic rings. The molecule has 0 saturated heterocycles. The molecule has 0 atom stereocenters. The number of rotatable bonds is 2. The molecule has 6 heteroatoms. The first-order valence-electron chi connectivity index (χ1n) is 4.06. The molecule has 1 rings (SSSR count). The third-order valence-corrected chi connectivity index (χ3v) is 2.73. The van der Waals surface area contributed by atoms with E-state index in [2.05, 4.69) is 8.85 Å². The monoisotopic (exact) mass is 338 g/mol. The van der Waals surface area contributed by atoms with E-state index in [9.17, 15) is 9.18 Å². The highest BCUT2D eigenvalue weighted by molar-refractivity contribution is 14.1. The van der Waals surface area contributed by atoms with E-state index in [1.165, 1.54) is 12.1 Å². The van der Waals surface area contributed by atoms with Crippen LogP contribution in [0.5, 0.6) is 0 Å². The van der Waals surface area contributed by atoms with Crippen LogP contribution in [0.2, 0.25) is 0 Å². The molecule has 0 radical (unpaired) electrons. The maximum atomic E-state index is 12.6. The number of benzene rings is 1. The fraction of sp³-hybridized carbons (Fsp3) is 0.111. The molecular formula is C9H8FIN2OS. The van der Waals surface area contributed by atoms with Gasteiger partial charge in [0.1, 0.15) is 5.82 Å². The lowest BCUT2D eigenvalue weighted by Gasteiger charge is -2.04. The second kappa shape index (κ2) is 5.96. The normalized spacial score (nSPS) is 9.47. The number of amides is 1. The van der Waals surface area contributed by atoms with Crippen LogP contribution in [0, 0.1) is 5.82 Å². The molecule has 80 valence electrons. The number of carbonyl (C=O) groups excluding carboxylic acids is 1. The van der Waals surface area contributed by atoms with Gasteiger partial charge in [-0.1, -0.05) is 12.1 Å². The molecule has 0 aliphatic carbocycles. The van der Waals surface area contributed by atoms with Gasteiger partial charge in [-0.05, 0) is 29.9 Å². The zero-order chi connectivity index (χ0) is 11.3. The van der Waals surface area contributed by atoms with Crippen molar-refractivity contribution in [3.05, 3.63) is 35.6 Å². The summed E-state index contributed by atoms with van der Waals surface area (Å²) in [7, 11) is 0. The van der Waals surface area contributed by atoms with E-state index in [-0.39, 0.29) is 23.3 Å². The number of nitrogens with one attached hydrogen (secondary N) is 2. The van der Waals surface area contributed by atoms with Gasteiger partial charge in [-0.2, -0.15) is 0 Å². The van der Waals surface area contributed by atoms with Gasteiger partial charge in [-0.15, -0.1) is 0 Å². The Morgan fingerprint density at radius 2 is 2.00 bits per heavy atom. The molecule has 0 spiro atoms. The van der Waals surface area contributed by atoms with Gasteiger partial charge in [0, 0.05) is 0 Å². The fourth-order valence-electron chi connectivity index (χ4n) is 0.982. The zero-order valence-electron chi connectivity index (χ0n) is 7.59. The van der Waals surface area contributed by atoms with E-state index >= 15 is 0 Å². The lowest BCUT2D eigenvalue weighted by atomic mass is 10.1. The van der Waals surface area contributed by atoms with Crippen LogP contribution in [0.1, 0.15) is 5.56 Å². The first-order valence-corrected chi connectivity index (χ1v) is 5.55. The second-order valence-electron chi connectivity index (χ2n) is 2.78. The number of carbonyl (C=O) groups is 1. The molecule has 0 aliphatic heterocycles. The van der Waals surface area contributed by atoms with Crippen molar-refractivity contribution in [1.29, 1.82) is 0 Å². The average molecular weight is 338 g/mol. The Hall–Kier alpha value is -0.760. The molecule has 15 heavy (non-hydrogen) atoms. The SMILES string of the molecule is O=C(Cc1ccc(F)cc1)NC(=S)NI. The van der Waals surface area contributed by atoms with Crippen LogP contribution in [-0.2, 0) is 11.2 Å². The zero-order valence-corrected chi connectivity index (χ0v) is 10.6. The molecule has 1 aromatic carbocycles. The second-order valence-corrected chi connectivity index (χ2v) is 3.72. The van der Waals surface area contributed by atoms with Gasteiger partial charge in [-0.3, -0.25) is 4.79 Å². The Labute approximate surface area is 106 Å². The summed E-state index contributed by atoms with van der Waals surface area (Å²) in [4.78, 5) is 11.3. The summed E-state index contributed by atoms with van der Waals surface area (Å²) >= 11 is 6.58. The summed E-state index contributed by atoms with van der Waals surface area (Å²) in [6.45, 7) is 0. The molecule has 3 nitrogen and oxygen atoms in total. The smallest absolute Gasteiger partial charge is 0.230 e. The Kier molecular flexibility index (Phi) is 4.89. The molecule has 0 aromatic heterocycles. The average Bonchev–Trinajstić information content (AvgIpc) is 2.21. The predicted octanol–water partition coefficient (Wildman–Crippen LogP) is 1.71. The van der Waals surface area contributed by atoms with Gasteiger partial charge in [0.05, 0.1) is 29.3 Å². The van der Waals surface area contributed by atoms with Crippen LogP contribution in [0.4, 0.5) is 4.39 Å². The van der Waals surface area contributed by atoms with E-state index in [0.717, 1.165) is 5.56 Å². The Morgan fingerprint density at radius 3 is 2.53 bits per heavy atom. The first kappa shape index (κ1) is 12.3. The van der Waals surface area contributed by atoms with Gasteiger partial charge in [0.2, 0.25) is 5.91 Å². The maximum Gasteiger partial charge on any atom is 0.230 e. The fourth-order valence-corrected chi connectivity index (χ4v) is 1.23. The predicted molar refractivity (Wildman–Crippen MR) is 68.0 cm³/mol. The van der Waals surface area contributed by atoms with Crippen LogP contribution < -0.4 is 8.85 Å². The molecular weight excluding hydrogens is 330 g/mol. The van der Waals surface area contributed by atoms with Crippen molar-refractivity contribution in [2.45, 2.75) is 6.42 Å². The summed E-state index contributed by atoms with van der Waals surface area (Å²) in [6.07, 6.45) is 0.179. The summed E-state index contributed by atoms with van der Waals surface area (Å²) < 4.78 is 15.2. The molecule has 0 saturated carbocycles. The number of hydrogen-bond donors (Lipinski definition) is 2. The van der Waals surface area contributed by atoms with Gasteiger partial charge in [0.25, 0.3) is 0 Å². The van der Waals surface area contributed by atoms with Crippen molar-refractivity contribution in [2.24, 2.45) is 0 Å². The third kappa shape index (κ3) is 4.52. The number of thiocarbonyl (C=S) groups is 1. The van der Waals surface area contributed by atoms with E-state index < -0.39 is 0 Å². The van der Waals surface area contributed by atoms with Crippen molar-refractivity contribution < 1.29 is 9.18 Å². The van der Waals surface area contributed by atoms with Gasteiger partial charge < -0.3 is 8.85 Å². The summed E-state index contributed by atoms with van der Waals surface area (Å²) in [6, 6.07) is 5.76. The quantitative estimate of drug-likeness (QED) is 0.490. The molecule has 2 N–H and O–H groups in total. The van der Waals surface area contributed by atoms with Crippen LogP contribution in [0.15, 0.2) is 24.3 Å². The van der Waals surface area contributed by atoms with Gasteiger partial charge in [0.15, 0.2) is 5.11 Å². The minimum atomic E-state index is -0.316.